The molecule has 0 radical (unpaired) electrons. The number of amides is 1. The first kappa shape index (κ1) is 20.4. The van der Waals surface area contributed by atoms with Crippen LogP contribution < -0.4 is 5.32 Å². The molecule has 5 nitrogen and oxygen atoms in total. The van der Waals surface area contributed by atoms with E-state index >= 15 is 0 Å². The number of aryl methyl sites for hydroxylation is 1. The van der Waals surface area contributed by atoms with Gasteiger partial charge in [0.2, 0.25) is 5.91 Å². The van der Waals surface area contributed by atoms with Crippen molar-refractivity contribution in [2.24, 2.45) is 13.0 Å². The van der Waals surface area contributed by atoms with Gasteiger partial charge in [-0.25, -0.2) is 4.98 Å². The van der Waals surface area contributed by atoms with Crippen LogP contribution in [0.5, 0.6) is 0 Å². The maximum absolute atomic E-state index is 12.9. The first-order valence-electron chi connectivity index (χ1n) is 9.92. The largest absolute Gasteiger partial charge is 0.416 e. The van der Waals surface area contributed by atoms with E-state index in [9.17, 15) is 18.0 Å². The van der Waals surface area contributed by atoms with Gasteiger partial charge < -0.3 is 9.88 Å². The Kier molecular flexibility index (Phi) is 5.51. The Bertz CT molecular complexity index is 1050. The van der Waals surface area contributed by atoms with Crippen LogP contribution in [0.4, 0.5) is 18.9 Å². The third-order valence-corrected chi connectivity index (χ3v) is 5.66. The van der Waals surface area contributed by atoms with Gasteiger partial charge in [-0.3, -0.25) is 9.69 Å². The summed E-state index contributed by atoms with van der Waals surface area (Å²) < 4.78 is 40.6. The number of aromatic nitrogens is 2. The number of carbonyl (C=O) groups excluding carboxylic acids is 1. The number of anilines is 1. The molecule has 1 aliphatic heterocycles. The molecule has 30 heavy (non-hydrogen) atoms. The molecule has 1 aliphatic rings. The molecule has 4 rings (SSSR count). The zero-order chi connectivity index (χ0) is 21.3. The Morgan fingerprint density at radius 2 is 1.87 bits per heavy atom. The Morgan fingerprint density at radius 3 is 2.57 bits per heavy atom. The number of alkyl halides is 3. The number of rotatable bonds is 4. The van der Waals surface area contributed by atoms with Crippen molar-refractivity contribution in [1.82, 2.24) is 14.5 Å². The molecule has 1 aromatic heterocycles. The second-order valence-corrected chi connectivity index (χ2v) is 7.69. The fourth-order valence-electron chi connectivity index (χ4n) is 3.91. The molecule has 0 aliphatic carbocycles. The lowest BCUT2D eigenvalue weighted by Crippen LogP contribution is -2.38. The molecule has 0 atom stereocenters. The lowest BCUT2D eigenvalue weighted by Gasteiger charge is -2.31. The minimum Gasteiger partial charge on any atom is -0.330 e. The molecule has 3 aromatic rings. The minimum absolute atomic E-state index is 0.178. The van der Waals surface area contributed by atoms with Gasteiger partial charge in [0.15, 0.2) is 0 Å². The molecule has 1 N–H and O–H groups in total. The van der Waals surface area contributed by atoms with Gasteiger partial charge in [0.25, 0.3) is 0 Å². The Labute approximate surface area is 172 Å². The average Bonchev–Trinajstić information content (AvgIpc) is 3.04. The van der Waals surface area contributed by atoms with Crippen molar-refractivity contribution in [3.8, 4) is 0 Å². The summed E-state index contributed by atoms with van der Waals surface area (Å²) in [5.41, 5.74) is 1.46. The van der Waals surface area contributed by atoms with Crippen LogP contribution in [-0.4, -0.2) is 33.4 Å². The first-order chi connectivity index (χ1) is 14.3. The number of likely N-dealkylation sites (tertiary alicyclic amines) is 1. The van der Waals surface area contributed by atoms with E-state index in [0.29, 0.717) is 19.4 Å². The molecule has 0 saturated carbocycles. The highest BCUT2D eigenvalue weighted by Crippen LogP contribution is 2.31. The van der Waals surface area contributed by atoms with Crippen LogP contribution in [0.25, 0.3) is 11.0 Å². The first-order valence-corrected chi connectivity index (χ1v) is 9.92. The quantitative estimate of drug-likeness (QED) is 0.684. The van der Waals surface area contributed by atoms with Crippen LogP contribution in [-0.2, 0) is 24.6 Å². The monoisotopic (exact) mass is 416 g/mol. The highest BCUT2D eigenvalue weighted by atomic mass is 19.4. The third kappa shape index (κ3) is 4.33. The number of hydrogen-bond donors (Lipinski definition) is 1. The van der Waals surface area contributed by atoms with Crippen LogP contribution in [0, 0.1) is 5.92 Å². The van der Waals surface area contributed by atoms with Gasteiger partial charge in [-0.15, -0.1) is 0 Å². The molecule has 2 heterocycles. The standard InChI is InChI=1S/C22H23F3N4O/c1-28-19-8-3-2-7-18(19)27-20(28)14-29-11-9-15(10-12-29)21(30)26-17-6-4-5-16(13-17)22(23,24)25/h2-8,13,15H,9-12,14H2,1H3,(H,26,30). The van der Waals surface area contributed by atoms with Crippen LogP contribution >= 0.6 is 0 Å². The van der Waals surface area contributed by atoms with E-state index in [1.165, 1.54) is 12.1 Å². The summed E-state index contributed by atoms with van der Waals surface area (Å²) in [6.07, 6.45) is -3.11. The highest BCUT2D eigenvalue weighted by Gasteiger charge is 2.31. The van der Waals surface area contributed by atoms with Crippen LogP contribution in [0.1, 0.15) is 24.2 Å². The summed E-state index contributed by atoms with van der Waals surface area (Å²) in [5.74, 6) is 0.538. The molecule has 158 valence electrons. The van der Waals surface area contributed by atoms with Gasteiger partial charge in [0.05, 0.1) is 23.1 Å². The molecule has 0 spiro atoms. The van der Waals surface area contributed by atoms with Crippen LogP contribution in [0.2, 0.25) is 0 Å². The van der Waals surface area contributed by atoms with E-state index in [0.717, 1.165) is 42.1 Å². The van der Waals surface area contributed by atoms with E-state index < -0.39 is 11.7 Å². The SMILES string of the molecule is Cn1c(CN2CCC(C(=O)Nc3cccc(C(F)(F)F)c3)CC2)nc2ccccc21. The number of halogens is 3. The summed E-state index contributed by atoms with van der Waals surface area (Å²) in [4.78, 5) is 19.5. The predicted molar refractivity (Wildman–Crippen MR) is 109 cm³/mol. The van der Waals surface area contributed by atoms with E-state index in [1.807, 2.05) is 31.3 Å². The topological polar surface area (TPSA) is 50.2 Å². The molecular formula is C22H23F3N4O. The van der Waals surface area contributed by atoms with E-state index in [4.69, 9.17) is 4.98 Å². The van der Waals surface area contributed by atoms with Crippen LogP contribution in [0.15, 0.2) is 48.5 Å². The van der Waals surface area contributed by atoms with E-state index in [1.54, 1.807) is 0 Å². The zero-order valence-electron chi connectivity index (χ0n) is 16.6. The van der Waals surface area contributed by atoms with Gasteiger partial charge >= 0.3 is 6.18 Å². The summed E-state index contributed by atoms with van der Waals surface area (Å²) in [6, 6.07) is 12.7. The Hall–Kier alpha value is -2.87. The number of piperidine rings is 1. The summed E-state index contributed by atoms with van der Waals surface area (Å²) >= 11 is 0. The van der Waals surface area contributed by atoms with E-state index in [-0.39, 0.29) is 17.5 Å². The molecule has 0 unspecified atom stereocenters. The molecule has 1 amide bonds. The van der Waals surface area contributed by atoms with Crippen molar-refractivity contribution in [3.05, 3.63) is 59.9 Å². The van der Waals surface area contributed by atoms with Gasteiger partial charge in [0, 0.05) is 18.7 Å². The van der Waals surface area contributed by atoms with E-state index in [2.05, 4.69) is 14.8 Å². The minimum atomic E-state index is -4.43. The number of nitrogens with one attached hydrogen (secondary N) is 1. The van der Waals surface area contributed by atoms with Crippen molar-refractivity contribution in [2.75, 3.05) is 18.4 Å². The van der Waals surface area contributed by atoms with Gasteiger partial charge in [-0.05, 0) is 56.3 Å². The molecule has 2 aromatic carbocycles. The normalized spacial score (nSPS) is 16.1. The van der Waals surface area contributed by atoms with Gasteiger partial charge in [-0.1, -0.05) is 18.2 Å². The molecule has 1 fully saturated rings. The maximum atomic E-state index is 12.9. The average molecular weight is 416 g/mol. The maximum Gasteiger partial charge on any atom is 0.416 e. The summed E-state index contributed by atoms with van der Waals surface area (Å²) in [6.45, 7) is 2.18. The molecule has 8 heteroatoms. The van der Waals surface area contributed by atoms with Crippen molar-refractivity contribution in [3.63, 3.8) is 0 Å². The highest BCUT2D eigenvalue weighted by molar-refractivity contribution is 5.92. The number of fused-ring (bicyclic) bond motifs is 1. The fraction of sp³-hybridized carbons (Fsp3) is 0.364. The van der Waals surface area contributed by atoms with Crippen LogP contribution in [0.3, 0.4) is 0 Å². The number of nitrogens with zero attached hydrogens (tertiary/aromatic N) is 3. The predicted octanol–water partition coefficient (Wildman–Crippen LogP) is 4.44. The second-order valence-electron chi connectivity index (χ2n) is 7.69. The van der Waals surface area contributed by atoms with Crippen molar-refractivity contribution < 1.29 is 18.0 Å². The molecular weight excluding hydrogens is 393 g/mol. The molecule has 1 saturated heterocycles. The molecule has 0 bridgehead atoms. The fourth-order valence-corrected chi connectivity index (χ4v) is 3.91. The van der Waals surface area contributed by atoms with Gasteiger partial charge in [-0.2, -0.15) is 13.2 Å². The number of hydrogen-bond acceptors (Lipinski definition) is 3. The summed E-state index contributed by atoms with van der Waals surface area (Å²) in [5, 5.41) is 2.64. The van der Waals surface area contributed by atoms with Gasteiger partial charge in [0.1, 0.15) is 5.82 Å². The van der Waals surface area contributed by atoms with Crippen molar-refractivity contribution >= 4 is 22.6 Å². The Morgan fingerprint density at radius 1 is 1.13 bits per heavy atom. The second kappa shape index (κ2) is 8.10. The lowest BCUT2D eigenvalue weighted by atomic mass is 9.95. The van der Waals surface area contributed by atoms with Crippen molar-refractivity contribution in [2.45, 2.75) is 25.6 Å². The Balaban J connectivity index is 1.34. The third-order valence-electron chi connectivity index (χ3n) is 5.66. The number of imidazole rings is 1. The summed E-state index contributed by atoms with van der Waals surface area (Å²) in [7, 11) is 2.00. The number of carbonyl (C=O) groups is 1. The number of benzene rings is 2. The zero-order valence-corrected chi connectivity index (χ0v) is 16.6. The lowest BCUT2D eigenvalue weighted by molar-refractivity contribution is -0.137. The number of para-hydroxylation sites is 2. The smallest absolute Gasteiger partial charge is 0.330 e. The van der Waals surface area contributed by atoms with Crippen molar-refractivity contribution in [1.29, 1.82) is 0 Å².